The van der Waals surface area contributed by atoms with Crippen molar-refractivity contribution in [2.75, 3.05) is 18.4 Å². The molecule has 2 aromatic carbocycles. The fourth-order valence-corrected chi connectivity index (χ4v) is 5.06. The number of carbonyl (C=O) groups excluding carboxylic acids is 1. The predicted molar refractivity (Wildman–Crippen MR) is 108 cm³/mol. The maximum absolute atomic E-state index is 12.7. The van der Waals surface area contributed by atoms with Gasteiger partial charge in [0.15, 0.2) is 0 Å². The maximum atomic E-state index is 12.7. The van der Waals surface area contributed by atoms with Crippen molar-refractivity contribution in [3.8, 4) is 0 Å². The van der Waals surface area contributed by atoms with Crippen molar-refractivity contribution < 1.29 is 13.2 Å². The average Bonchev–Trinajstić information content (AvgIpc) is 2.61. The van der Waals surface area contributed by atoms with Gasteiger partial charge in [-0.2, -0.15) is 0 Å². The Morgan fingerprint density at radius 2 is 1.85 bits per heavy atom. The highest BCUT2D eigenvalue weighted by molar-refractivity contribution is 7.88. The van der Waals surface area contributed by atoms with Gasteiger partial charge in [-0.1, -0.05) is 35.9 Å². The van der Waals surface area contributed by atoms with Gasteiger partial charge in [0.2, 0.25) is 15.9 Å². The summed E-state index contributed by atoms with van der Waals surface area (Å²) in [5.41, 5.74) is 2.52. The van der Waals surface area contributed by atoms with Crippen LogP contribution in [0, 0.1) is 12.8 Å². The number of nitrogens with zero attached hydrogens (tertiary/aromatic N) is 1. The van der Waals surface area contributed by atoms with E-state index >= 15 is 0 Å². The topological polar surface area (TPSA) is 66.5 Å². The molecule has 0 spiro atoms. The summed E-state index contributed by atoms with van der Waals surface area (Å²) in [5, 5.41) is 3.45. The molecule has 0 atom stereocenters. The van der Waals surface area contributed by atoms with Crippen LogP contribution in [0.4, 0.5) is 5.69 Å². The predicted octanol–water partition coefficient (Wildman–Crippen LogP) is 3.83. The zero-order chi connectivity index (χ0) is 19.4. The van der Waals surface area contributed by atoms with Crippen LogP contribution < -0.4 is 5.32 Å². The maximum Gasteiger partial charge on any atom is 0.227 e. The molecule has 144 valence electrons. The van der Waals surface area contributed by atoms with E-state index in [4.69, 9.17) is 11.6 Å². The number of carbonyl (C=O) groups is 1. The Hall–Kier alpha value is -1.89. The Kier molecular flexibility index (Phi) is 6.19. The van der Waals surface area contributed by atoms with E-state index in [0.717, 1.165) is 11.3 Å². The van der Waals surface area contributed by atoms with Crippen molar-refractivity contribution in [3.05, 3.63) is 64.7 Å². The van der Waals surface area contributed by atoms with Crippen molar-refractivity contribution >= 4 is 33.2 Å². The lowest BCUT2D eigenvalue weighted by molar-refractivity contribution is -0.120. The van der Waals surface area contributed by atoms with Gasteiger partial charge in [0.1, 0.15) is 0 Å². The number of hydrogen-bond donors (Lipinski definition) is 1. The quantitative estimate of drug-likeness (QED) is 0.820. The monoisotopic (exact) mass is 406 g/mol. The molecule has 1 amide bonds. The lowest BCUT2D eigenvalue weighted by atomic mass is 9.97. The lowest BCUT2D eigenvalue weighted by Crippen LogP contribution is -2.41. The number of rotatable bonds is 5. The molecule has 0 unspecified atom stereocenters. The molecule has 27 heavy (non-hydrogen) atoms. The molecule has 1 fully saturated rings. The molecule has 0 bridgehead atoms. The molecule has 1 aliphatic heterocycles. The molecule has 7 heteroatoms. The Balaban J connectivity index is 1.57. The lowest BCUT2D eigenvalue weighted by Gasteiger charge is -2.30. The van der Waals surface area contributed by atoms with Gasteiger partial charge in [-0.05, 0) is 55.2 Å². The number of piperidine rings is 1. The van der Waals surface area contributed by atoms with Gasteiger partial charge in [-0.15, -0.1) is 0 Å². The Bertz CT molecular complexity index is 922. The molecule has 0 radical (unpaired) electrons. The van der Waals surface area contributed by atoms with E-state index < -0.39 is 10.0 Å². The SMILES string of the molecule is Cc1cccc(NC(=O)C2CCN(S(=O)(=O)Cc3cccc(Cl)c3)CC2)c1. The van der Waals surface area contributed by atoms with E-state index in [1.54, 1.807) is 24.3 Å². The Morgan fingerprint density at radius 3 is 2.52 bits per heavy atom. The van der Waals surface area contributed by atoms with Crippen LogP contribution in [-0.4, -0.2) is 31.7 Å². The van der Waals surface area contributed by atoms with Crippen LogP contribution in [0.1, 0.15) is 24.0 Å². The molecule has 0 saturated carbocycles. The number of hydrogen-bond acceptors (Lipinski definition) is 3. The molecule has 5 nitrogen and oxygen atoms in total. The first-order chi connectivity index (χ1) is 12.8. The number of benzene rings is 2. The van der Waals surface area contributed by atoms with E-state index in [2.05, 4.69) is 5.32 Å². The normalized spacial score (nSPS) is 16.2. The van der Waals surface area contributed by atoms with Crippen LogP contribution in [0.3, 0.4) is 0 Å². The van der Waals surface area contributed by atoms with Crippen LogP contribution in [0.25, 0.3) is 0 Å². The number of aryl methyl sites for hydroxylation is 1. The second-order valence-corrected chi connectivity index (χ2v) is 9.32. The third-order valence-electron chi connectivity index (χ3n) is 4.74. The minimum Gasteiger partial charge on any atom is -0.326 e. The number of anilines is 1. The second-order valence-electron chi connectivity index (χ2n) is 6.92. The van der Waals surface area contributed by atoms with Gasteiger partial charge < -0.3 is 5.32 Å². The molecular weight excluding hydrogens is 384 g/mol. The molecular formula is C20H23ClN2O3S. The van der Waals surface area contributed by atoms with Crippen molar-refractivity contribution in [2.24, 2.45) is 5.92 Å². The summed E-state index contributed by atoms with van der Waals surface area (Å²) >= 11 is 5.94. The molecule has 1 saturated heterocycles. The summed E-state index contributed by atoms with van der Waals surface area (Å²) in [7, 11) is -3.42. The van der Waals surface area contributed by atoms with E-state index in [9.17, 15) is 13.2 Å². The summed E-state index contributed by atoms with van der Waals surface area (Å²) in [6.07, 6.45) is 1.04. The molecule has 3 rings (SSSR count). The molecule has 1 aliphatic rings. The standard InChI is InChI=1S/C20H23ClN2O3S/c1-15-4-2-7-19(12-15)22-20(24)17-8-10-23(11-9-17)27(25,26)14-16-5-3-6-18(21)13-16/h2-7,12-13,17H,8-11,14H2,1H3,(H,22,24). The van der Waals surface area contributed by atoms with Crippen LogP contribution in [0.2, 0.25) is 5.02 Å². The van der Waals surface area contributed by atoms with Crippen molar-refractivity contribution in [2.45, 2.75) is 25.5 Å². The highest BCUT2D eigenvalue weighted by atomic mass is 35.5. The summed E-state index contributed by atoms with van der Waals surface area (Å²) in [4.78, 5) is 12.5. The Morgan fingerprint density at radius 1 is 1.15 bits per heavy atom. The van der Waals surface area contributed by atoms with Crippen molar-refractivity contribution in [3.63, 3.8) is 0 Å². The van der Waals surface area contributed by atoms with Crippen LogP contribution >= 0.6 is 11.6 Å². The highest BCUT2D eigenvalue weighted by Gasteiger charge is 2.31. The van der Waals surface area contributed by atoms with E-state index in [1.165, 1.54) is 4.31 Å². The molecule has 0 aromatic heterocycles. The summed E-state index contributed by atoms with van der Waals surface area (Å²) in [6, 6.07) is 14.5. The number of nitrogens with one attached hydrogen (secondary N) is 1. The fourth-order valence-electron chi connectivity index (χ4n) is 3.29. The molecule has 2 aromatic rings. The van der Waals surface area contributed by atoms with Crippen LogP contribution in [0.15, 0.2) is 48.5 Å². The number of halogens is 1. The Labute approximate surface area is 165 Å². The summed E-state index contributed by atoms with van der Waals surface area (Å²) in [6.45, 7) is 2.68. The van der Waals surface area contributed by atoms with E-state index in [1.807, 2.05) is 31.2 Å². The number of sulfonamides is 1. The third kappa shape index (κ3) is 5.31. The molecule has 1 heterocycles. The van der Waals surface area contributed by atoms with Crippen LogP contribution in [-0.2, 0) is 20.6 Å². The number of amides is 1. The molecule has 0 aliphatic carbocycles. The second kappa shape index (κ2) is 8.42. The van der Waals surface area contributed by atoms with E-state index in [0.29, 0.717) is 36.5 Å². The van der Waals surface area contributed by atoms with Gasteiger partial charge in [-0.3, -0.25) is 4.79 Å². The molecule has 1 N–H and O–H groups in total. The zero-order valence-corrected chi connectivity index (χ0v) is 16.8. The van der Waals surface area contributed by atoms with Gasteiger partial charge in [-0.25, -0.2) is 12.7 Å². The van der Waals surface area contributed by atoms with Gasteiger partial charge >= 0.3 is 0 Å². The summed E-state index contributed by atoms with van der Waals surface area (Å²) < 4.78 is 26.8. The van der Waals surface area contributed by atoms with Gasteiger partial charge in [0, 0.05) is 29.7 Å². The highest BCUT2D eigenvalue weighted by Crippen LogP contribution is 2.24. The zero-order valence-electron chi connectivity index (χ0n) is 15.2. The fraction of sp³-hybridized carbons (Fsp3) is 0.350. The first kappa shape index (κ1) is 19.9. The third-order valence-corrected chi connectivity index (χ3v) is 6.83. The van der Waals surface area contributed by atoms with Gasteiger partial charge in [0.05, 0.1) is 5.75 Å². The average molecular weight is 407 g/mol. The first-order valence-electron chi connectivity index (χ1n) is 8.93. The smallest absolute Gasteiger partial charge is 0.227 e. The van der Waals surface area contributed by atoms with Crippen molar-refractivity contribution in [1.82, 2.24) is 4.31 Å². The first-order valence-corrected chi connectivity index (χ1v) is 10.9. The minimum absolute atomic E-state index is 0.0486. The van der Waals surface area contributed by atoms with Crippen LogP contribution in [0.5, 0.6) is 0 Å². The largest absolute Gasteiger partial charge is 0.326 e. The minimum atomic E-state index is -3.42. The van der Waals surface area contributed by atoms with E-state index in [-0.39, 0.29) is 17.6 Å². The van der Waals surface area contributed by atoms with Gasteiger partial charge in [0.25, 0.3) is 0 Å². The van der Waals surface area contributed by atoms with Crippen molar-refractivity contribution in [1.29, 1.82) is 0 Å². The summed E-state index contributed by atoms with van der Waals surface area (Å²) in [5.74, 6) is -0.302.